The number of aryl methyl sites for hydroxylation is 2. The first-order chi connectivity index (χ1) is 11.1. The van der Waals surface area contributed by atoms with Gasteiger partial charge >= 0.3 is 0 Å². The number of amides is 1. The molecule has 120 valence electrons. The third-order valence-corrected chi connectivity index (χ3v) is 3.69. The fraction of sp³-hybridized carbons (Fsp3) is 0.375. The molecule has 0 saturated carbocycles. The summed E-state index contributed by atoms with van der Waals surface area (Å²) in [6.07, 6.45) is 4.96. The van der Waals surface area contributed by atoms with Gasteiger partial charge in [0.15, 0.2) is 5.82 Å². The molecular formula is C16H18N4O3. The lowest BCUT2D eigenvalue weighted by Crippen LogP contribution is -2.43. The average molecular weight is 314 g/mol. The molecule has 1 amide bonds. The van der Waals surface area contributed by atoms with Gasteiger partial charge in [0, 0.05) is 25.7 Å². The first-order valence-corrected chi connectivity index (χ1v) is 7.43. The highest BCUT2D eigenvalue weighted by molar-refractivity contribution is 5.92. The zero-order valence-electron chi connectivity index (χ0n) is 13.1. The second-order valence-electron chi connectivity index (χ2n) is 5.33. The van der Waals surface area contributed by atoms with Crippen molar-refractivity contribution in [2.75, 3.05) is 19.8 Å². The van der Waals surface area contributed by atoms with Crippen LogP contribution < -0.4 is 0 Å². The second-order valence-corrected chi connectivity index (χ2v) is 5.33. The summed E-state index contributed by atoms with van der Waals surface area (Å²) in [6.45, 7) is 5.02. The Morgan fingerprint density at radius 2 is 2.30 bits per heavy atom. The van der Waals surface area contributed by atoms with Gasteiger partial charge in [-0.25, -0.2) is 0 Å². The first kappa shape index (κ1) is 15.4. The lowest BCUT2D eigenvalue weighted by molar-refractivity contribution is -0.135. The minimum absolute atomic E-state index is 0.120. The summed E-state index contributed by atoms with van der Waals surface area (Å²) in [7, 11) is 0. The van der Waals surface area contributed by atoms with Crippen LogP contribution in [0, 0.1) is 13.8 Å². The van der Waals surface area contributed by atoms with E-state index < -0.39 is 0 Å². The van der Waals surface area contributed by atoms with Crippen LogP contribution in [0.25, 0.3) is 6.08 Å². The number of rotatable bonds is 3. The molecule has 0 aliphatic carbocycles. The summed E-state index contributed by atoms with van der Waals surface area (Å²) in [5, 5.41) is 3.91. The molecular weight excluding hydrogens is 296 g/mol. The van der Waals surface area contributed by atoms with Crippen LogP contribution >= 0.6 is 0 Å². The molecule has 0 bridgehead atoms. The Bertz CT molecular complexity index is 726. The van der Waals surface area contributed by atoms with Crippen LogP contribution in [0.15, 0.2) is 28.9 Å². The molecule has 2 aromatic rings. The molecule has 1 atom stereocenters. The van der Waals surface area contributed by atoms with Crippen molar-refractivity contribution in [3.05, 3.63) is 47.4 Å². The number of aromatic nitrogens is 3. The number of pyridine rings is 1. The van der Waals surface area contributed by atoms with Gasteiger partial charge in [-0.2, -0.15) is 4.98 Å². The number of hydrogen-bond donors (Lipinski definition) is 0. The molecule has 0 N–H and O–H groups in total. The highest BCUT2D eigenvalue weighted by Crippen LogP contribution is 2.22. The van der Waals surface area contributed by atoms with E-state index in [0.717, 1.165) is 11.3 Å². The van der Waals surface area contributed by atoms with Gasteiger partial charge < -0.3 is 14.2 Å². The molecule has 1 aliphatic rings. The van der Waals surface area contributed by atoms with Gasteiger partial charge in [0.2, 0.25) is 11.8 Å². The van der Waals surface area contributed by atoms with E-state index in [1.807, 2.05) is 19.1 Å². The third-order valence-electron chi connectivity index (χ3n) is 3.69. The van der Waals surface area contributed by atoms with Crippen LogP contribution in [-0.2, 0) is 9.53 Å². The van der Waals surface area contributed by atoms with Gasteiger partial charge in [0.05, 0.1) is 18.9 Å². The van der Waals surface area contributed by atoms with Crippen LogP contribution in [-0.4, -0.2) is 45.7 Å². The number of morpholine rings is 1. The zero-order valence-corrected chi connectivity index (χ0v) is 13.1. The summed E-state index contributed by atoms with van der Waals surface area (Å²) < 4.78 is 10.5. The smallest absolute Gasteiger partial charge is 0.247 e. The van der Waals surface area contributed by atoms with Crippen molar-refractivity contribution >= 4 is 12.0 Å². The first-order valence-electron chi connectivity index (χ1n) is 7.43. The van der Waals surface area contributed by atoms with Crippen LogP contribution in [0.3, 0.4) is 0 Å². The van der Waals surface area contributed by atoms with Crippen LogP contribution in [0.1, 0.15) is 29.0 Å². The van der Waals surface area contributed by atoms with Crippen molar-refractivity contribution in [1.29, 1.82) is 0 Å². The molecule has 1 aliphatic heterocycles. The SMILES string of the molecule is Cc1nc(C2COCCN2C(=O)/C=C/c2ncccc2C)no1. The Balaban J connectivity index is 1.78. The molecule has 3 heterocycles. The molecule has 1 saturated heterocycles. The molecule has 0 spiro atoms. The molecule has 3 rings (SSSR count). The molecule has 2 aromatic heterocycles. The Morgan fingerprint density at radius 1 is 1.43 bits per heavy atom. The van der Waals surface area contributed by atoms with Crippen molar-refractivity contribution in [3.63, 3.8) is 0 Å². The molecule has 0 radical (unpaired) electrons. The molecule has 23 heavy (non-hydrogen) atoms. The van der Waals surface area contributed by atoms with Gasteiger partial charge in [0.25, 0.3) is 0 Å². The lowest BCUT2D eigenvalue weighted by Gasteiger charge is -2.32. The molecule has 7 nitrogen and oxygen atoms in total. The molecule has 7 heteroatoms. The Labute approximate surface area is 134 Å². The van der Waals surface area contributed by atoms with Crippen molar-refractivity contribution in [1.82, 2.24) is 20.0 Å². The van der Waals surface area contributed by atoms with Gasteiger partial charge in [-0.05, 0) is 24.6 Å². The summed E-state index contributed by atoms with van der Waals surface area (Å²) in [5.74, 6) is 0.821. The van der Waals surface area contributed by atoms with Gasteiger partial charge in [-0.1, -0.05) is 11.2 Å². The quantitative estimate of drug-likeness (QED) is 0.802. The Hall–Kier alpha value is -2.54. The van der Waals surface area contributed by atoms with E-state index in [1.54, 1.807) is 24.1 Å². The summed E-state index contributed by atoms with van der Waals surface area (Å²) in [5.41, 5.74) is 1.80. The topological polar surface area (TPSA) is 81.4 Å². The third kappa shape index (κ3) is 3.45. The van der Waals surface area contributed by atoms with Crippen LogP contribution in [0.4, 0.5) is 0 Å². The Morgan fingerprint density at radius 3 is 3.04 bits per heavy atom. The number of carbonyl (C=O) groups is 1. The fourth-order valence-corrected chi connectivity index (χ4v) is 2.45. The molecule has 0 aromatic carbocycles. The number of nitrogens with zero attached hydrogens (tertiary/aromatic N) is 4. The second kappa shape index (κ2) is 6.70. The van der Waals surface area contributed by atoms with Crippen molar-refractivity contribution in [2.45, 2.75) is 19.9 Å². The van der Waals surface area contributed by atoms with Gasteiger partial charge in [-0.3, -0.25) is 9.78 Å². The van der Waals surface area contributed by atoms with Crippen LogP contribution in [0.5, 0.6) is 0 Å². The predicted octanol–water partition coefficient (Wildman–Crippen LogP) is 1.69. The summed E-state index contributed by atoms with van der Waals surface area (Å²) in [6, 6.07) is 3.49. The van der Waals surface area contributed by atoms with Crippen molar-refractivity contribution in [2.24, 2.45) is 0 Å². The minimum Gasteiger partial charge on any atom is -0.377 e. The fourth-order valence-electron chi connectivity index (χ4n) is 2.45. The predicted molar refractivity (Wildman–Crippen MR) is 82.3 cm³/mol. The largest absolute Gasteiger partial charge is 0.377 e. The van der Waals surface area contributed by atoms with Gasteiger partial charge in [0.1, 0.15) is 6.04 Å². The number of hydrogen-bond acceptors (Lipinski definition) is 6. The maximum absolute atomic E-state index is 12.5. The standard InChI is InChI=1S/C16H18N4O3/c1-11-4-3-7-17-13(11)5-6-15(21)20-8-9-22-10-14(20)16-18-12(2)23-19-16/h3-7,14H,8-10H2,1-2H3/b6-5+. The van der Waals surface area contributed by atoms with E-state index in [-0.39, 0.29) is 11.9 Å². The summed E-state index contributed by atoms with van der Waals surface area (Å²) in [4.78, 5) is 22.7. The number of carbonyl (C=O) groups excluding carboxylic acids is 1. The van der Waals surface area contributed by atoms with Crippen molar-refractivity contribution < 1.29 is 14.1 Å². The maximum atomic E-state index is 12.5. The summed E-state index contributed by atoms with van der Waals surface area (Å²) >= 11 is 0. The highest BCUT2D eigenvalue weighted by atomic mass is 16.5. The molecule has 1 unspecified atom stereocenters. The normalized spacial score (nSPS) is 18.5. The van der Waals surface area contributed by atoms with Gasteiger partial charge in [-0.15, -0.1) is 0 Å². The average Bonchev–Trinajstić information content (AvgIpc) is 3.00. The lowest BCUT2D eigenvalue weighted by atomic mass is 10.2. The minimum atomic E-state index is -0.330. The molecule has 1 fully saturated rings. The van der Waals surface area contributed by atoms with E-state index in [2.05, 4.69) is 15.1 Å². The highest BCUT2D eigenvalue weighted by Gasteiger charge is 2.30. The van der Waals surface area contributed by atoms with E-state index in [4.69, 9.17) is 9.26 Å². The monoisotopic (exact) mass is 314 g/mol. The van der Waals surface area contributed by atoms with E-state index in [0.29, 0.717) is 31.5 Å². The number of ether oxygens (including phenoxy) is 1. The van der Waals surface area contributed by atoms with E-state index in [9.17, 15) is 4.79 Å². The van der Waals surface area contributed by atoms with E-state index >= 15 is 0 Å². The van der Waals surface area contributed by atoms with Crippen LogP contribution in [0.2, 0.25) is 0 Å². The maximum Gasteiger partial charge on any atom is 0.247 e. The van der Waals surface area contributed by atoms with E-state index in [1.165, 1.54) is 6.08 Å². The van der Waals surface area contributed by atoms with Crippen molar-refractivity contribution in [3.8, 4) is 0 Å². The Kier molecular flexibility index (Phi) is 4.47. The zero-order chi connectivity index (χ0) is 16.2.